The molecule has 244 valence electrons. The Morgan fingerprint density at radius 2 is 1.83 bits per heavy atom. The van der Waals surface area contributed by atoms with Crippen LogP contribution in [0.2, 0.25) is 0 Å². The van der Waals surface area contributed by atoms with Gasteiger partial charge in [0.2, 0.25) is 5.91 Å². The van der Waals surface area contributed by atoms with E-state index in [1.807, 2.05) is 56.3 Å². The first-order chi connectivity index (χ1) is 22.4. The molecule has 13 heteroatoms. The highest BCUT2D eigenvalue weighted by molar-refractivity contribution is 8.15. The predicted molar refractivity (Wildman–Crippen MR) is 179 cm³/mol. The third kappa shape index (κ3) is 8.65. The van der Waals surface area contributed by atoms with Gasteiger partial charge in [0.1, 0.15) is 12.4 Å². The summed E-state index contributed by atoms with van der Waals surface area (Å²) in [6, 6.07) is 18.1. The summed E-state index contributed by atoms with van der Waals surface area (Å²) in [6.07, 6.45) is -4.36. The second-order valence-corrected chi connectivity index (χ2v) is 12.2. The molecule has 1 fully saturated rings. The van der Waals surface area contributed by atoms with E-state index < -0.39 is 12.4 Å². The number of carbonyl (C=O) groups excluding carboxylic acids is 2. The maximum atomic E-state index is 12.8. The van der Waals surface area contributed by atoms with E-state index in [0.29, 0.717) is 29.8 Å². The normalized spacial score (nSPS) is 16.1. The maximum absolute atomic E-state index is 12.8. The molecule has 2 aliphatic heterocycles. The Bertz CT molecular complexity index is 1760. The number of carbonyl (C=O) groups is 2. The van der Waals surface area contributed by atoms with Crippen LogP contribution in [0.4, 0.5) is 29.3 Å². The summed E-state index contributed by atoms with van der Waals surface area (Å²) in [5, 5.41) is 12.5. The van der Waals surface area contributed by atoms with Crippen LogP contribution in [-0.2, 0) is 4.79 Å². The smallest absolute Gasteiger partial charge is 0.406 e. The molecule has 3 aromatic rings. The van der Waals surface area contributed by atoms with E-state index in [1.165, 1.54) is 36.0 Å². The topological polar surface area (TPSA) is 98.6 Å². The predicted octanol–water partition coefficient (Wildman–Crippen LogP) is 6.72. The highest BCUT2D eigenvalue weighted by Gasteiger charge is 2.33. The number of anilines is 2. The van der Waals surface area contributed by atoms with Gasteiger partial charge in [-0.05, 0) is 85.5 Å². The van der Waals surface area contributed by atoms with E-state index in [1.54, 1.807) is 9.91 Å². The summed E-state index contributed by atoms with van der Waals surface area (Å²) in [6.45, 7) is 8.28. The third-order valence-corrected chi connectivity index (χ3v) is 8.09. The quantitative estimate of drug-likeness (QED) is 0.273. The molecule has 0 bridgehead atoms. The number of hydrazone groups is 1. The Morgan fingerprint density at radius 1 is 1.11 bits per heavy atom. The molecule has 9 nitrogen and oxygen atoms in total. The minimum absolute atomic E-state index is 0.111. The van der Waals surface area contributed by atoms with Gasteiger partial charge in [0.05, 0.1) is 17.1 Å². The number of hydrogen-bond acceptors (Lipinski definition) is 7. The average molecular weight is 663 g/mol. The van der Waals surface area contributed by atoms with Gasteiger partial charge in [0.25, 0.3) is 0 Å². The SMILES string of the molecule is Cc1ccc(C(C)C)c(N2C(=O)CS/C2=N\C(=O)NC(C)CC#Cc2ccc(C3=NN(c4ccc(OC(F)(F)F)cc4)CN3)cc2)c1. The minimum Gasteiger partial charge on any atom is -0.406 e. The van der Waals surface area contributed by atoms with Crippen LogP contribution < -0.4 is 25.3 Å². The lowest BCUT2D eigenvalue weighted by atomic mass is 9.99. The van der Waals surface area contributed by atoms with Crippen LogP contribution in [-0.4, -0.2) is 47.8 Å². The van der Waals surface area contributed by atoms with Crippen LogP contribution in [0.5, 0.6) is 5.75 Å². The average Bonchev–Trinajstić information content (AvgIpc) is 3.64. The summed E-state index contributed by atoms with van der Waals surface area (Å²) in [7, 11) is 0. The molecule has 1 atom stereocenters. The van der Waals surface area contributed by atoms with Gasteiger partial charge >= 0.3 is 12.4 Å². The molecule has 2 N–H and O–H groups in total. The number of nitrogens with one attached hydrogen (secondary N) is 2. The number of alkyl halides is 3. The number of nitrogens with zero attached hydrogens (tertiary/aromatic N) is 4. The van der Waals surface area contributed by atoms with Crippen molar-refractivity contribution in [1.29, 1.82) is 0 Å². The number of amides is 3. The van der Waals surface area contributed by atoms with Gasteiger partial charge < -0.3 is 15.4 Å². The second-order valence-electron chi connectivity index (χ2n) is 11.3. The first kappa shape index (κ1) is 33.4. The van der Waals surface area contributed by atoms with Crippen molar-refractivity contribution < 1.29 is 27.5 Å². The Morgan fingerprint density at radius 3 is 2.51 bits per heavy atom. The number of urea groups is 1. The standard InChI is InChI=1S/C34H33F3N6O3S/c1-21(2)28-17-8-22(3)18-29(28)43-30(44)19-47-33(43)40-32(45)39-23(4)6-5-7-24-9-11-25(12-10-24)31-38-20-42(41-31)26-13-15-27(16-14-26)46-34(35,36)37/h8-18,21,23H,6,19-20H2,1-4H3,(H,38,41)(H,39,45)/b40-33-. The molecule has 0 aliphatic carbocycles. The molecule has 1 saturated heterocycles. The van der Waals surface area contributed by atoms with Crippen molar-refractivity contribution in [3.63, 3.8) is 0 Å². The van der Waals surface area contributed by atoms with Gasteiger partial charge in [-0.25, -0.2) is 9.80 Å². The van der Waals surface area contributed by atoms with E-state index in [4.69, 9.17) is 0 Å². The molecule has 2 aliphatic rings. The van der Waals surface area contributed by atoms with E-state index >= 15 is 0 Å². The van der Waals surface area contributed by atoms with Crippen molar-refractivity contribution in [1.82, 2.24) is 10.6 Å². The lowest BCUT2D eigenvalue weighted by molar-refractivity contribution is -0.274. The van der Waals surface area contributed by atoms with Crippen LogP contribution in [0, 0.1) is 18.8 Å². The number of ether oxygens (including phenoxy) is 1. The first-order valence-corrected chi connectivity index (χ1v) is 15.9. The van der Waals surface area contributed by atoms with E-state index in [-0.39, 0.29) is 29.4 Å². The van der Waals surface area contributed by atoms with Crippen LogP contribution in [0.15, 0.2) is 76.8 Å². The zero-order chi connectivity index (χ0) is 33.7. The Kier molecular flexibility index (Phi) is 10.1. The van der Waals surface area contributed by atoms with E-state index in [2.05, 4.69) is 51.2 Å². The number of rotatable bonds is 7. The molecule has 3 amide bonds. The lowest BCUT2D eigenvalue weighted by Crippen LogP contribution is -2.34. The van der Waals surface area contributed by atoms with Crippen molar-refractivity contribution in [2.45, 2.75) is 52.4 Å². The maximum Gasteiger partial charge on any atom is 0.573 e. The molecule has 0 saturated carbocycles. The van der Waals surface area contributed by atoms with Crippen molar-refractivity contribution in [3.8, 4) is 17.6 Å². The number of thioether (sulfide) groups is 1. The molecule has 0 aromatic heterocycles. The number of benzene rings is 3. The summed E-state index contributed by atoms with van der Waals surface area (Å²) < 4.78 is 41.2. The van der Waals surface area contributed by atoms with Gasteiger partial charge in [-0.15, -0.1) is 13.2 Å². The molecule has 47 heavy (non-hydrogen) atoms. The highest BCUT2D eigenvalue weighted by Crippen LogP contribution is 2.34. The first-order valence-electron chi connectivity index (χ1n) is 14.9. The van der Waals surface area contributed by atoms with E-state index in [9.17, 15) is 22.8 Å². The molecule has 0 spiro atoms. The van der Waals surface area contributed by atoms with Crippen LogP contribution >= 0.6 is 11.8 Å². The van der Waals surface area contributed by atoms with Crippen LogP contribution in [0.1, 0.15) is 55.4 Å². The molecule has 1 unspecified atom stereocenters. The van der Waals surface area contributed by atoms with Gasteiger partial charge in [0, 0.05) is 23.6 Å². The molecular weight excluding hydrogens is 629 g/mol. The molecular formula is C34H33F3N6O3S. The lowest BCUT2D eigenvalue weighted by Gasteiger charge is -2.22. The summed E-state index contributed by atoms with van der Waals surface area (Å²) in [4.78, 5) is 31.4. The van der Waals surface area contributed by atoms with Crippen molar-refractivity contribution in [2.24, 2.45) is 10.1 Å². The molecule has 0 radical (unpaired) electrons. The summed E-state index contributed by atoms with van der Waals surface area (Å²) in [5.41, 5.74) is 4.99. The molecule has 2 heterocycles. The zero-order valence-corrected chi connectivity index (χ0v) is 27.0. The largest absolute Gasteiger partial charge is 0.573 e. The number of halogens is 3. The van der Waals surface area contributed by atoms with Gasteiger partial charge in [-0.2, -0.15) is 10.1 Å². The van der Waals surface area contributed by atoms with Gasteiger partial charge in [-0.1, -0.05) is 49.6 Å². The number of aryl methyl sites for hydroxylation is 1. The fourth-order valence-electron chi connectivity index (χ4n) is 4.89. The fourth-order valence-corrected chi connectivity index (χ4v) is 5.74. The van der Waals surface area contributed by atoms with Crippen molar-refractivity contribution in [3.05, 3.63) is 89.0 Å². The van der Waals surface area contributed by atoms with Crippen LogP contribution in [0.25, 0.3) is 0 Å². The molecule has 3 aromatic carbocycles. The van der Waals surface area contributed by atoms with Gasteiger partial charge in [0.15, 0.2) is 11.0 Å². The van der Waals surface area contributed by atoms with E-state index in [0.717, 1.165) is 27.9 Å². The van der Waals surface area contributed by atoms with Gasteiger partial charge in [-0.3, -0.25) is 9.69 Å². The number of hydrogen-bond donors (Lipinski definition) is 2. The molecule has 5 rings (SSSR count). The second kappa shape index (κ2) is 14.2. The third-order valence-electron chi connectivity index (χ3n) is 7.17. The monoisotopic (exact) mass is 662 g/mol. The van der Waals surface area contributed by atoms with Crippen molar-refractivity contribution >= 4 is 46.1 Å². The summed E-state index contributed by atoms with van der Waals surface area (Å²) >= 11 is 1.24. The zero-order valence-electron chi connectivity index (χ0n) is 26.2. The number of aliphatic imine (C=N–C) groups is 1. The Balaban J connectivity index is 1.16. The summed E-state index contributed by atoms with van der Waals surface area (Å²) in [5.74, 6) is 6.79. The van der Waals surface area contributed by atoms with Crippen molar-refractivity contribution in [2.75, 3.05) is 22.3 Å². The Labute approximate surface area is 275 Å². The minimum atomic E-state index is -4.75. The highest BCUT2D eigenvalue weighted by atomic mass is 32.2. The Hall–Kier alpha value is -4.96. The fraction of sp³-hybridized carbons (Fsp3) is 0.294. The van der Waals surface area contributed by atoms with Crippen LogP contribution in [0.3, 0.4) is 0 Å². The number of amidine groups is 2.